The number of fused-ring (bicyclic) bond motifs is 1. The highest BCUT2D eigenvalue weighted by atomic mass is 35.5. The lowest BCUT2D eigenvalue weighted by Crippen LogP contribution is -2.33. The molecule has 2 aliphatic rings. The summed E-state index contributed by atoms with van der Waals surface area (Å²) < 4.78 is 22.8. The van der Waals surface area contributed by atoms with Gasteiger partial charge in [0.1, 0.15) is 18.5 Å². The van der Waals surface area contributed by atoms with Crippen LogP contribution in [0.25, 0.3) is 11.3 Å². The van der Waals surface area contributed by atoms with Gasteiger partial charge in [0.15, 0.2) is 5.75 Å². The third kappa shape index (κ3) is 4.42. The minimum absolute atomic E-state index is 0.155. The smallest absolute Gasteiger partial charge is 0.255 e. The summed E-state index contributed by atoms with van der Waals surface area (Å²) in [5.41, 5.74) is 4.12. The molecule has 1 amide bonds. The molecule has 1 fully saturated rings. The third-order valence-electron chi connectivity index (χ3n) is 5.76. The molecule has 34 heavy (non-hydrogen) atoms. The Labute approximate surface area is 201 Å². The summed E-state index contributed by atoms with van der Waals surface area (Å²) in [4.78, 5) is 20.6. The van der Waals surface area contributed by atoms with E-state index in [-0.39, 0.29) is 12.0 Å². The van der Waals surface area contributed by atoms with Crippen LogP contribution in [0.5, 0.6) is 11.5 Å². The molecule has 1 atom stereocenters. The van der Waals surface area contributed by atoms with Gasteiger partial charge in [0.25, 0.3) is 5.91 Å². The van der Waals surface area contributed by atoms with Gasteiger partial charge in [-0.15, -0.1) is 0 Å². The van der Waals surface area contributed by atoms with E-state index in [1.54, 1.807) is 25.6 Å². The van der Waals surface area contributed by atoms with E-state index in [0.717, 1.165) is 11.3 Å². The second-order valence-electron chi connectivity index (χ2n) is 7.93. The Balaban J connectivity index is 1.55. The SMILES string of the molecule is COc1c(Cl)cccc1Nc1c(-c2ccncc2OC[C@@H]2COCCO2)[nH]c2c1C(=O)NCC2. The third-order valence-corrected chi connectivity index (χ3v) is 6.06. The lowest BCUT2D eigenvalue weighted by atomic mass is 10.0. The number of carbonyl (C=O) groups excluding carboxylic acids is 1. The summed E-state index contributed by atoms with van der Waals surface area (Å²) in [6.45, 7) is 2.50. The maximum Gasteiger partial charge on any atom is 0.255 e. The molecular formula is C24H25ClN4O5. The van der Waals surface area contributed by atoms with E-state index in [0.29, 0.717) is 78.5 Å². The summed E-state index contributed by atoms with van der Waals surface area (Å²) in [7, 11) is 1.55. The zero-order valence-corrected chi connectivity index (χ0v) is 19.4. The molecule has 178 valence electrons. The number of benzene rings is 1. The minimum Gasteiger partial charge on any atom is -0.493 e. The number of H-pyrrole nitrogens is 1. The molecule has 5 rings (SSSR count). The Kier molecular flexibility index (Phi) is 6.57. The van der Waals surface area contributed by atoms with E-state index in [9.17, 15) is 4.79 Å². The topological polar surface area (TPSA) is 107 Å². The standard InChI is InChI=1S/C24H25ClN4O5/c1-31-23-16(25)3-2-4-18(23)29-22-20-17(6-8-27-24(20)30)28-21(22)15-5-7-26-11-19(15)34-13-14-12-32-9-10-33-14/h2-5,7,11,14,28-29H,6,8-10,12-13H2,1H3,(H,27,30)/t14-/m0/s1. The molecule has 0 spiro atoms. The number of aromatic amines is 1. The van der Waals surface area contributed by atoms with Crippen molar-refractivity contribution in [3.8, 4) is 22.8 Å². The van der Waals surface area contributed by atoms with Crippen LogP contribution in [0.15, 0.2) is 36.7 Å². The second-order valence-corrected chi connectivity index (χ2v) is 8.34. The molecule has 1 saturated heterocycles. The number of nitrogens with zero attached hydrogens (tertiary/aromatic N) is 1. The Morgan fingerprint density at radius 1 is 1.29 bits per heavy atom. The average molecular weight is 485 g/mol. The molecule has 3 aromatic rings. The van der Waals surface area contributed by atoms with E-state index in [4.69, 9.17) is 30.5 Å². The van der Waals surface area contributed by atoms with Gasteiger partial charge in [0, 0.05) is 30.4 Å². The van der Waals surface area contributed by atoms with Crippen LogP contribution in [0, 0.1) is 0 Å². The second kappa shape index (κ2) is 9.92. The lowest BCUT2D eigenvalue weighted by Gasteiger charge is -2.23. The number of hydrogen-bond acceptors (Lipinski definition) is 7. The molecule has 0 bridgehead atoms. The van der Waals surface area contributed by atoms with Gasteiger partial charge >= 0.3 is 0 Å². The monoisotopic (exact) mass is 484 g/mol. The number of para-hydroxylation sites is 1. The molecule has 3 N–H and O–H groups in total. The van der Waals surface area contributed by atoms with Crippen molar-refractivity contribution in [3.63, 3.8) is 0 Å². The molecular weight excluding hydrogens is 460 g/mol. The van der Waals surface area contributed by atoms with Crippen molar-refractivity contribution < 1.29 is 23.7 Å². The number of halogens is 1. The minimum atomic E-state index is -0.156. The zero-order valence-electron chi connectivity index (χ0n) is 18.7. The molecule has 1 aromatic carbocycles. The predicted octanol–water partition coefficient (Wildman–Crippen LogP) is 3.56. The summed E-state index contributed by atoms with van der Waals surface area (Å²) in [6.07, 6.45) is 3.86. The van der Waals surface area contributed by atoms with Gasteiger partial charge in [0.05, 0.1) is 60.8 Å². The number of carbonyl (C=O) groups is 1. The van der Waals surface area contributed by atoms with Gasteiger partial charge in [-0.25, -0.2) is 0 Å². The van der Waals surface area contributed by atoms with E-state index < -0.39 is 0 Å². The van der Waals surface area contributed by atoms with Crippen LogP contribution in [0.1, 0.15) is 16.1 Å². The van der Waals surface area contributed by atoms with E-state index in [1.807, 2.05) is 18.2 Å². The van der Waals surface area contributed by atoms with Crippen molar-refractivity contribution in [1.29, 1.82) is 0 Å². The molecule has 10 heteroatoms. The fourth-order valence-electron chi connectivity index (χ4n) is 4.17. The number of rotatable bonds is 7. The number of methoxy groups -OCH3 is 1. The van der Waals surface area contributed by atoms with Crippen LogP contribution in [0.4, 0.5) is 11.4 Å². The van der Waals surface area contributed by atoms with Gasteiger partial charge < -0.3 is 34.6 Å². The highest BCUT2D eigenvalue weighted by molar-refractivity contribution is 6.32. The molecule has 9 nitrogen and oxygen atoms in total. The molecule has 0 aliphatic carbocycles. The summed E-state index contributed by atoms with van der Waals surface area (Å²) in [6, 6.07) is 7.26. The van der Waals surface area contributed by atoms with Crippen molar-refractivity contribution in [2.45, 2.75) is 12.5 Å². The number of anilines is 2. The normalized spacial score (nSPS) is 17.6. The van der Waals surface area contributed by atoms with Crippen molar-refractivity contribution in [2.24, 2.45) is 0 Å². The van der Waals surface area contributed by atoms with Crippen molar-refractivity contribution in [3.05, 3.63) is 52.9 Å². The summed E-state index contributed by atoms with van der Waals surface area (Å²) in [5.74, 6) is 0.898. The van der Waals surface area contributed by atoms with Crippen LogP contribution < -0.4 is 20.1 Å². The number of nitrogens with one attached hydrogen (secondary N) is 3. The fourth-order valence-corrected chi connectivity index (χ4v) is 4.42. The van der Waals surface area contributed by atoms with Crippen LogP contribution >= 0.6 is 11.6 Å². The molecule has 2 aliphatic heterocycles. The predicted molar refractivity (Wildman–Crippen MR) is 127 cm³/mol. The Hall–Kier alpha value is -3.27. The van der Waals surface area contributed by atoms with Crippen molar-refractivity contribution in [1.82, 2.24) is 15.3 Å². The van der Waals surface area contributed by atoms with E-state index >= 15 is 0 Å². The quantitative estimate of drug-likeness (QED) is 0.470. The summed E-state index contributed by atoms with van der Waals surface area (Å²) >= 11 is 6.34. The fraction of sp³-hybridized carbons (Fsp3) is 0.333. The Morgan fingerprint density at radius 3 is 3.03 bits per heavy atom. The average Bonchev–Trinajstić information content (AvgIpc) is 3.23. The number of hydrogen-bond donors (Lipinski definition) is 3. The highest BCUT2D eigenvalue weighted by Crippen LogP contribution is 2.42. The van der Waals surface area contributed by atoms with Crippen LogP contribution in [0.3, 0.4) is 0 Å². The first-order valence-corrected chi connectivity index (χ1v) is 11.4. The van der Waals surface area contributed by atoms with E-state index in [1.165, 1.54) is 0 Å². The molecule has 2 aromatic heterocycles. The van der Waals surface area contributed by atoms with Gasteiger partial charge in [-0.05, 0) is 18.2 Å². The van der Waals surface area contributed by atoms with Gasteiger partial charge in [-0.3, -0.25) is 9.78 Å². The number of aromatic nitrogens is 2. The van der Waals surface area contributed by atoms with Crippen LogP contribution in [-0.2, 0) is 15.9 Å². The molecule has 0 unspecified atom stereocenters. The number of ether oxygens (including phenoxy) is 4. The van der Waals surface area contributed by atoms with Crippen LogP contribution in [-0.4, -0.2) is 62.1 Å². The number of amides is 1. The van der Waals surface area contributed by atoms with Crippen molar-refractivity contribution >= 4 is 28.9 Å². The van der Waals surface area contributed by atoms with Gasteiger partial charge in [0.2, 0.25) is 0 Å². The number of pyridine rings is 1. The largest absolute Gasteiger partial charge is 0.493 e. The maximum absolute atomic E-state index is 12.9. The Bertz CT molecular complexity index is 1190. The van der Waals surface area contributed by atoms with E-state index in [2.05, 4.69) is 20.6 Å². The molecule has 4 heterocycles. The lowest BCUT2D eigenvalue weighted by molar-refractivity contribution is -0.101. The molecule has 0 saturated carbocycles. The molecule has 0 radical (unpaired) electrons. The van der Waals surface area contributed by atoms with Crippen LogP contribution in [0.2, 0.25) is 5.02 Å². The maximum atomic E-state index is 12.9. The first-order chi connectivity index (χ1) is 16.7. The summed E-state index contributed by atoms with van der Waals surface area (Å²) in [5, 5.41) is 6.77. The van der Waals surface area contributed by atoms with Gasteiger partial charge in [-0.1, -0.05) is 17.7 Å². The first kappa shape index (κ1) is 22.5. The van der Waals surface area contributed by atoms with Crippen molar-refractivity contribution in [2.75, 3.05) is 45.4 Å². The highest BCUT2D eigenvalue weighted by Gasteiger charge is 2.29. The first-order valence-electron chi connectivity index (χ1n) is 11.0. The zero-order chi connectivity index (χ0) is 23.5. The van der Waals surface area contributed by atoms with Gasteiger partial charge in [-0.2, -0.15) is 0 Å². The Morgan fingerprint density at radius 2 is 2.21 bits per heavy atom.